The fourth-order valence-corrected chi connectivity index (χ4v) is 2.40. The smallest absolute Gasteiger partial charge is 0.105 e. The zero-order valence-corrected chi connectivity index (χ0v) is 10.7. The van der Waals surface area contributed by atoms with Crippen molar-refractivity contribution < 1.29 is 5.11 Å². The molecule has 4 nitrogen and oxygen atoms in total. The quantitative estimate of drug-likeness (QED) is 0.788. The van der Waals surface area contributed by atoms with Gasteiger partial charge in [-0.25, -0.2) is 4.98 Å². The Hall–Kier alpha value is -0.870. The van der Waals surface area contributed by atoms with Gasteiger partial charge in [0.15, 0.2) is 0 Å². The van der Waals surface area contributed by atoms with Crippen LogP contribution in [0.5, 0.6) is 0 Å². The third-order valence-corrected chi connectivity index (χ3v) is 3.60. The molecule has 2 rings (SSSR count). The number of hydrogen-bond acceptors (Lipinski definition) is 3. The van der Waals surface area contributed by atoms with Crippen LogP contribution < -0.4 is 0 Å². The van der Waals surface area contributed by atoms with E-state index in [9.17, 15) is 5.11 Å². The number of aryl methyl sites for hydroxylation is 2. The minimum absolute atomic E-state index is 0.0557. The van der Waals surface area contributed by atoms with Crippen LogP contribution in [0.25, 0.3) is 0 Å². The first-order valence-corrected chi connectivity index (χ1v) is 6.64. The third kappa shape index (κ3) is 3.82. The molecule has 1 N–H and O–H groups in total. The van der Waals surface area contributed by atoms with E-state index in [0.29, 0.717) is 0 Å². The van der Waals surface area contributed by atoms with Crippen LogP contribution in [0.3, 0.4) is 0 Å². The summed E-state index contributed by atoms with van der Waals surface area (Å²) in [5, 5.41) is 9.42. The van der Waals surface area contributed by atoms with Crippen molar-refractivity contribution in [2.75, 3.05) is 19.6 Å². The van der Waals surface area contributed by atoms with Crippen LogP contribution in [-0.2, 0) is 6.54 Å². The van der Waals surface area contributed by atoms with Crippen LogP contribution in [0.4, 0.5) is 0 Å². The molecule has 1 saturated heterocycles. The minimum Gasteiger partial charge on any atom is -0.393 e. The fraction of sp³-hybridized carbons (Fsp3) is 0.769. The average Bonchev–Trinajstić information content (AvgIpc) is 2.73. The van der Waals surface area contributed by atoms with Crippen molar-refractivity contribution >= 4 is 0 Å². The molecule has 1 aliphatic rings. The SMILES string of the molecule is Cc1nccn1CCCCN1CCC(O)CC1. The van der Waals surface area contributed by atoms with Gasteiger partial charge in [0.05, 0.1) is 6.10 Å². The molecule has 0 spiro atoms. The molecule has 0 atom stereocenters. The molecule has 96 valence electrons. The molecule has 1 aromatic heterocycles. The number of nitrogens with zero attached hydrogens (tertiary/aromatic N) is 3. The monoisotopic (exact) mass is 237 g/mol. The van der Waals surface area contributed by atoms with Gasteiger partial charge in [-0.05, 0) is 39.2 Å². The van der Waals surface area contributed by atoms with Gasteiger partial charge >= 0.3 is 0 Å². The average molecular weight is 237 g/mol. The first-order valence-electron chi connectivity index (χ1n) is 6.64. The third-order valence-electron chi connectivity index (χ3n) is 3.60. The van der Waals surface area contributed by atoms with E-state index in [-0.39, 0.29) is 6.10 Å². The molecule has 2 heterocycles. The first kappa shape index (κ1) is 12.6. The molecular formula is C13H23N3O. The maximum Gasteiger partial charge on any atom is 0.105 e. The van der Waals surface area contributed by atoms with Crippen molar-refractivity contribution in [3.63, 3.8) is 0 Å². The molecule has 1 aliphatic heterocycles. The molecule has 0 bridgehead atoms. The van der Waals surface area contributed by atoms with Gasteiger partial charge in [0, 0.05) is 32.0 Å². The number of piperidine rings is 1. The van der Waals surface area contributed by atoms with Gasteiger partial charge in [0.25, 0.3) is 0 Å². The summed E-state index contributed by atoms with van der Waals surface area (Å²) in [6, 6.07) is 0. The van der Waals surface area contributed by atoms with E-state index in [1.54, 1.807) is 0 Å². The van der Waals surface area contributed by atoms with Crippen molar-refractivity contribution in [2.45, 2.75) is 45.3 Å². The van der Waals surface area contributed by atoms with E-state index in [2.05, 4.69) is 14.5 Å². The Labute approximate surface area is 103 Å². The van der Waals surface area contributed by atoms with Gasteiger partial charge < -0.3 is 14.6 Å². The topological polar surface area (TPSA) is 41.3 Å². The summed E-state index contributed by atoms with van der Waals surface area (Å²) in [6.07, 6.45) is 8.18. The number of rotatable bonds is 5. The highest BCUT2D eigenvalue weighted by molar-refractivity contribution is 4.88. The Balaban J connectivity index is 1.59. The van der Waals surface area contributed by atoms with E-state index in [0.717, 1.165) is 38.3 Å². The zero-order valence-electron chi connectivity index (χ0n) is 10.7. The molecule has 4 heteroatoms. The molecule has 0 unspecified atom stereocenters. The summed E-state index contributed by atoms with van der Waals surface area (Å²) >= 11 is 0. The lowest BCUT2D eigenvalue weighted by Gasteiger charge is -2.29. The van der Waals surface area contributed by atoms with Gasteiger partial charge in [-0.2, -0.15) is 0 Å². The van der Waals surface area contributed by atoms with Gasteiger partial charge in [-0.1, -0.05) is 0 Å². The number of aromatic nitrogens is 2. The molecule has 0 radical (unpaired) electrons. The normalized spacial score (nSPS) is 18.7. The second-order valence-electron chi connectivity index (χ2n) is 4.95. The van der Waals surface area contributed by atoms with Gasteiger partial charge in [0.2, 0.25) is 0 Å². The Bertz CT molecular complexity index is 329. The van der Waals surface area contributed by atoms with E-state index >= 15 is 0 Å². The number of hydrogen-bond donors (Lipinski definition) is 1. The van der Waals surface area contributed by atoms with Crippen molar-refractivity contribution in [1.82, 2.24) is 14.5 Å². The second kappa shape index (κ2) is 6.17. The summed E-state index contributed by atoms with van der Waals surface area (Å²) in [5.74, 6) is 1.10. The van der Waals surface area contributed by atoms with Crippen LogP contribution >= 0.6 is 0 Å². The largest absolute Gasteiger partial charge is 0.393 e. The van der Waals surface area contributed by atoms with E-state index in [4.69, 9.17) is 0 Å². The fourth-order valence-electron chi connectivity index (χ4n) is 2.40. The summed E-state index contributed by atoms with van der Waals surface area (Å²) in [5.41, 5.74) is 0. The standard InChI is InChI=1S/C13H23N3O/c1-12-14-6-11-16(12)8-3-2-7-15-9-4-13(17)5-10-15/h6,11,13,17H,2-5,7-10H2,1H3. The Morgan fingerprint density at radius 3 is 2.65 bits per heavy atom. The van der Waals surface area contributed by atoms with Crippen molar-refractivity contribution in [2.24, 2.45) is 0 Å². The van der Waals surface area contributed by atoms with Crippen LogP contribution in [0.15, 0.2) is 12.4 Å². The lowest BCUT2D eigenvalue weighted by Crippen LogP contribution is -2.36. The Morgan fingerprint density at radius 1 is 1.29 bits per heavy atom. The van der Waals surface area contributed by atoms with Crippen LogP contribution in [-0.4, -0.2) is 45.3 Å². The number of imidazole rings is 1. The molecule has 0 aliphatic carbocycles. The minimum atomic E-state index is -0.0557. The number of aliphatic hydroxyl groups is 1. The van der Waals surface area contributed by atoms with Gasteiger partial charge in [-0.15, -0.1) is 0 Å². The summed E-state index contributed by atoms with van der Waals surface area (Å²) in [6.45, 7) is 6.41. The summed E-state index contributed by atoms with van der Waals surface area (Å²) < 4.78 is 2.21. The second-order valence-corrected chi connectivity index (χ2v) is 4.95. The van der Waals surface area contributed by atoms with Crippen LogP contribution in [0.1, 0.15) is 31.5 Å². The first-order chi connectivity index (χ1) is 8.25. The highest BCUT2D eigenvalue weighted by atomic mass is 16.3. The summed E-state index contributed by atoms with van der Waals surface area (Å²) in [7, 11) is 0. The molecule has 0 aromatic carbocycles. The number of likely N-dealkylation sites (tertiary alicyclic amines) is 1. The maximum absolute atomic E-state index is 9.42. The lowest BCUT2D eigenvalue weighted by molar-refractivity contribution is 0.0817. The zero-order chi connectivity index (χ0) is 12.1. The molecule has 1 aromatic rings. The highest BCUT2D eigenvalue weighted by Crippen LogP contribution is 2.10. The predicted octanol–water partition coefficient (Wildman–Crippen LogP) is 1.43. The Kier molecular flexibility index (Phi) is 4.57. The van der Waals surface area contributed by atoms with Gasteiger partial charge in [0.1, 0.15) is 5.82 Å². The van der Waals surface area contributed by atoms with Crippen molar-refractivity contribution in [3.05, 3.63) is 18.2 Å². The molecule has 17 heavy (non-hydrogen) atoms. The van der Waals surface area contributed by atoms with E-state index < -0.39 is 0 Å². The molecule has 1 fully saturated rings. The highest BCUT2D eigenvalue weighted by Gasteiger charge is 2.15. The lowest BCUT2D eigenvalue weighted by atomic mass is 10.1. The number of unbranched alkanes of at least 4 members (excludes halogenated alkanes) is 1. The maximum atomic E-state index is 9.42. The van der Waals surface area contributed by atoms with E-state index in [1.807, 2.05) is 19.3 Å². The van der Waals surface area contributed by atoms with E-state index in [1.165, 1.54) is 19.4 Å². The molecular weight excluding hydrogens is 214 g/mol. The summed E-state index contributed by atoms with van der Waals surface area (Å²) in [4.78, 5) is 6.68. The predicted molar refractivity (Wildman–Crippen MR) is 67.9 cm³/mol. The van der Waals surface area contributed by atoms with Crippen molar-refractivity contribution in [3.8, 4) is 0 Å². The van der Waals surface area contributed by atoms with Crippen molar-refractivity contribution in [1.29, 1.82) is 0 Å². The Morgan fingerprint density at radius 2 is 2.00 bits per heavy atom. The van der Waals surface area contributed by atoms with Crippen LogP contribution in [0.2, 0.25) is 0 Å². The number of aliphatic hydroxyl groups excluding tert-OH is 1. The molecule has 0 amide bonds. The van der Waals surface area contributed by atoms with Crippen LogP contribution in [0, 0.1) is 6.92 Å². The van der Waals surface area contributed by atoms with Gasteiger partial charge in [-0.3, -0.25) is 0 Å². The molecule has 0 saturated carbocycles.